The van der Waals surface area contributed by atoms with Gasteiger partial charge in [0, 0.05) is 6.54 Å². The summed E-state index contributed by atoms with van der Waals surface area (Å²) >= 11 is 0. The summed E-state index contributed by atoms with van der Waals surface area (Å²) < 4.78 is 12.8. The summed E-state index contributed by atoms with van der Waals surface area (Å²) in [5, 5.41) is 11.9. The van der Waals surface area contributed by atoms with E-state index in [0.29, 0.717) is 13.0 Å². The fourth-order valence-corrected chi connectivity index (χ4v) is 1.90. The van der Waals surface area contributed by atoms with Crippen LogP contribution < -0.4 is 11.1 Å². The third-order valence-corrected chi connectivity index (χ3v) is 3.11. The summed E-state index contributed by atoms with van der Waals surface area (Å²) in [6.07, 6.45) is 0.384. The van der Waals surface area contributed by atoms with Gasteiger partial charge >= 0.3 is 0 Å². The third kappa shape index (κ3) is 4.57. The van der Waals surface area contributed by atoms with E-state index in [1.54, 1.807) is 36.4 Å². The van der Waals surface area contributed by atoms with Gasteiger partial charge in [0.1, 0.15) is 11.6 Å². The number of nitrogens with two attached hydrogens (primary N) is 1. The molecule has 0 saturated heterocycles. The van der Waals surface area contributed by atoms with Crippen molar-refractivity contribution < 1.29 is 14.3 Å². The van der Waals surface area contributed by atoms with E-state index in [-0.39, 0.29) is 17.5 Å². The Morgan fingerprint density at radius 3 is 2.29 bits per heavy atom. The molecule has 2 aromatic carbocycles. The van der Waals surface area contributed by atoms with Gasteiger partial charge in [-0.15, -0.1) is 0 Å². The number of amides is 1. The van der Waals surface area contributed by atoms with Gasteiger partial charge in [-0.1, -0.05) is 24.3 Å². The molecule has 1 unspecified atom stereocenters. The number of phenols is 1. The predicted octanol–water partition coefficient (Wildman–Crippen LogP) is 1.72. The van der Waals surface area contributed by atoms with E-state index in [9.17, 15) is 14.3 Å². The van der Waals surface area contributed by atoms with Crippen LogP contribution in [-0.2, 0) is 17.8 Å². The van der Waals surface area contributed by atoms with Gasteiger partial charge in [-0.2, -0.15) is 0 Å². The molecule has 0 aromatic heterocycles. The minimum Gasteiger partial charge on any atom is -0.508 e. The molecule has 1 amide bonds. The van der Waals surface area contributed by atoms with E-state index in [0.717, 1.165) is 11.1 Å². The lowest BCUT2D eigenvalue weighted by atomic mass is 10.1. The van der Waals surface area contributed by atoms with Crippen LogP contribution in [0.25, 0.3) is 0 Å². The topological polar surface area (TPSA) is 75.3 Å². The van der Waals surface area contributed by atoms with Crippen molar-refractivity contribution in [1.29, 1.82) is 0 Å². The summed E-state index contributed by atoms with van der Waals surface area (Å²) in [7, 11) is 0. The van der Waals surface area contributed by atoms with E-state index in [4.69, 9.17) is 5.73 Å². The number of hydrogen-bond acceptors (Lipinski definition) is 3. The van der Waals surface area contributed by atoms with Crippen molar-refractivity contribution in [3.05, 3.63) is 65.5 Å². The molecular weight excluding hydrogens is 271 g/mol. The molecule has 2 rings (SSSR count). The Kier molecular flexibility index (Phi) is 4.90. The van der Waals surface area contributed by atoms with E-state index in [1.807, 2.05) is 0 Å². The molecule has 0 bridgehead atoms. The summed E-state index contributed by atoms with van der Waals surface area (Å²) in [6.45, 7) is 0.308. The zero-order chi connectivity index (χ0) is 15.2. The summed E-state index contributed by atoms with van der Waals surface area (Å²) in [5.41, 5.74) is 7.52. The van der Waals surface area contributed by atoms with Crippen molar-refractivity contribution in [2.75, 3.05) is 0 Å². The molecule has 0 aliphatic rings. The highest BCUT2D eigenvalue weighted by molar-refractivity contribution is 5.81. The molecule has 110 valence electrons. The molecule has 0 spiro atoms. The number of rotatable bonds is 5. The average Bonchev–Trinajstić information content (AvgIpc) is 2.48. The number of hydrogen-bond donors (Lipinski definition) is 3. The van der Waals surface area contributed by atoms with Crippen molar-refractivity contribution in [3.8, 4) is 5.75 Å². The zero-order valence-corrected chi connectivity index (χ0v) is 11.4. The van der Waals surface area contributed by atoms with Crippen LogP contribution in [0.4, 0.5) is 4.39 Å². The average molecular weight is 288 g/mol. The smallest absolute Gasteiger partial charge is 0.237 e. The summed E-state index contributed by atoms with van der Waals surface area (Å²) in [5.74, 6) is -0.408. The normalized spacial score (nSPS) is 11.9. The van der Waals surface area contributed by atoms with Crippen molar-refractivity contribution in [2.45, 2.75) is 19.0 Å². The van der Waals surface area contributed by atoms with Crippen molar-refractivity contribution in [2.24, 2.45) is 5.73 Å². The number of carbonyl (C=O) groups is 1. The minimum atomic E-state index is -0.671. The number of phenolic OH excluding ortho intramolecular Hbond substituents is 1. The lowest BCUT2D eigenvalue weighted by Gasteiger charge is -2.12. The first kappa shape index (κ1) is 15.0. The highest BCUT2D eigenvalue weighted by Gasteiger charge is 2.13. The van der Waals surface area contributed by atoms with Crippen molar-refractivity contribution >= 4 is 5.91 Å². The number of halogens is 1. The van der Waals surface area contributed by atoms with Gasteiger partial charge in [0.2, 0.25) is 5.91 Å². The van der Waals surface area contributed by atoms with Gasteiger partial charge < -0.3 is 16.2 Å². The molecule has 4 N–H and O–H groups in total. The maximum Gasteiger partial charge on any atom is 0.237 e. The standard InChI is InChI=1S/C16H17FN2O2/c17-13-5-1-12(2-6-13)10-19-16(21)15(18)9-11-3-7-14(20)8-4-11/h1-8,15,20H,9-10,18H2,(H,19,21). The van der Waals surface area contributed by atoms with E-state index >= 15 is 0 Å². The molecule has 2 aromatic rings. The van der Waals surface area contributed by atoms with Crippen LogP contribution in [0.2, 0.25) is 0 Å². The van der Waals surface area contributed by atoms with Crippen LogP contribution >= 0.6 is 0 Å². The quantitative estimate of drug-likeness (QED) is 0.784. The Bertz CT molecular complexity index is 597. The largest absolute Gasteiger partial charge is 0.508 e. The van der Waals surface area contributed by atoms with E-state index in [1.165, 1.54) is 12.1 Å². The maximum atomic E-state index is 12.8. The fraction of sp³-hybridized carbons (Fsp3) is 0.188. The highest BCUT2D eigenvalue weighted by Crippen LogP contribution is 2.11. The Morgan fingerprint density at radius 1 is 1.10 bits per heavy atom. The second kappa shape index (κ2) is 6.85. The summed E-state index contributed by atoms with van der Waals surface area (Å²) in [4.78, 5) is 11.9. The van der Waals surface area contributed by atoms with Gasteiger partial charge in [-0.3, -0.25) is 4.79 Å². The first-order valence-corrected chi connectivity index (χ1v) is 6.60. The van der Waals surface area contributed by atoms with Gasteiger partial charge in [-0.25, -0.2) is 4.39 Å². The van der Waals surface area contributed by atoms with Crippen LogP contribution in [0.15, 0.2) is 48.5 Å². The second-order valence-corrected chi connectivity index (χ2v) is 4.82. The molecule has 0 fully saturated rings. The Hall–Kier alpha value is -2.40. The molecule has 0 radical (unpaired) electrons. The molecule has 0 aliphatic carbocycles. The van der Waals surface area contributed by atoms with Crippen LogP contribution in [-0.4, -0.2) is 17.1 Å². The fourth-order valence-electron chi connectivity index (χ4n) is 1.90. The zero-order valence-electron chi connectivity index (χ0n) is 11.4. The molecule has 0 saturated carbocycles. The van der Waals surface area contributed by atoms with Crippen LogP contribution in [0.3, 0.4) is 0 Å². The van der Waals surface area contributed by atoms with Crippen molar-refractivity contribution in [1.82, 2.24) is 5.32 Å². The number of aromatic hydroxyl groups is 1. The molecule has 5 heteroatoms. The van der Waals surface area contributed by atoms with Crippen LogP contribution in [0.1, 0.15) is 11.1 Å². The van der Waals surface area contributed by atoms with Crippen molar-refractivity contribution in [3.63, 3.8) is 0 Å². The second-order valence-electron chi connectivity index (χ2n) is 4.82. The van der Waals surface area contributed by atoms with Gasteiger partial charge in [0.05, 0.1) is 6.04 Å². The first-order chi connectivity index (χ1) is 10.0. The molecule has 0 heterocycles. The lowest BCUT2D eigenvalue weighted by Crippen LogP contribution is -2.41. The maximum absolute atomic E-state index is 12.8. The monoisotopic (exact) mass is 288 g/mol. The molecular formula is C16H17FN2O2. The minimum absolute atomic E-state index is 0.174. The number of benzene rings is 2. The highest BCUT2D eigenvalue weighted by atomic mass is 19.1. The predicted molar refractivity (Wildman–Crippen MR) is 78.0 cm³/mol. The Balaban J connectivity index is 1.84. The Morgan fingerprint density at radius 2 is 1.67 bits per heavy atom. The van der Waals surface area contributed by atoms with Crippen LogP contribution in [0, 0.1) is 5.82 Å². The molecule has 21 heavy (non-hydrogen) atoms. The van der Waals surface area contributed by atoms with Gasteiger partial charge in [0.15, 0.2) is 0 Å². The number of carbonyl (C=O) groups excluding carboxylic acids is 1. The van der Waals surface area contributed by atoms with Gasteiger partial charge in [-0.05, 0) is 41.8 Å². The van der Waals surface area contributed by atoms with E-state index < -0.39 is 6.04 Å². The van der Waals surface area contributed by atoms with Crippen LogP contribution in [0.5, 0.6) is 5.75 Å². The molecule has 4 nitrogen and oxygen atoms in total. The number of nitrogens with one attached hydrogen (secondary N) is 1. The van der Waals surface area contributed by atoms with Gasteiger partial charge in [0.25, 0.3) is 0 Å². The lowest BCUT2D eigenvalue weighted by molar-refractivity contribution is -0.122. The Labute approximate surface area is 122 Å². The SMILES string of the molecule is NC(Cc1ccc(O)cc1)C(=O)NCc1ccc(F)cc1. The summed E-state index contributed by atoms with van der Waals surface area (Å²) in [6, 6.07) is 11.8. The first-order valence-electron chi connectivity index (χ1n) is 6.60. The third-order valence-electron chi connectivity index (χ3n) is 3.11. The van der Waals surface area contributed by atoms with E-state index in [2.05, 4.69) is 5.32 Å². The molecule has 0 aliphatic heterocycles. The molecule has 1 atom stereocenters.